The number of nitrogens with one attached hydrogen (secondary N) is 2. The van der Waals surface area contributed by atoms with E-state index in [9.17, 15) is 0 Å². The molecule has 0 bridgehead atoms. The summed E-state index contributed by atoms with van der Waals surface area (Å²) in [5.41, 5.74) is 1.40. The number of nitrogens with zero attached hydrogens (tertiary/aromatic N) is 1. The van der Waals surface area contributed by atoms with Crippen LogP contribution in [0.3, 0.4) is 0 Å². The van der Waals surface area contributed by atoms with Gasteiger partial charge in [0.05, 0.1) is 6.67 Å². The maximum Gasteiger partial charge on any atom is 0.0870 e. The minimum Gasteiger partial charge on any atom is -0.372 e. The zero-order valence-electron chi connectivity index (χ0n) is 5.35. The maximum atomic E-state index is 3.31. The lowest BCUT2D eigenvalue weighted by atomic mass is 10.3. The molecule has 0 aromatic carbocycles. The summed E-state index contributed by atoms with van der Waals surface area (Å²) in [5, 5.41) is 6.49. The van der Waals surface area contributed by atoms with Gasteiger partial charge in [0, 0.05) is 31.5 Å². The Morgan fingerprint density at radius 2 is 2.56 bits per heavy atom. The topological polar surface area (TPSA) is 27.3 Å². The molecule has 2 aliphatic heterocycles. The minimum absolute atomic E-state index is 1.01. The maximum absolute atomic E-state index is 3.31. The molecule has 0 aromatic rings. The van der Waals surface area contributed by atoms with Gasteiger partial charge in [-0.05, 0) is 0 Å². The predicted octanol–water partition coefficient (Wildman–Crippen LogP) is -0.706. The number of hydrogen-bond donors (Lipinski definition) is 2. The molecule has 0 amide bonds. The molecule has 3 nitrogen and oxygen atoms in total. The first-order valence-electron chi connectivity index (χ1n) is 3.35. The van der Waals surface area contributed by atoms with Crippen LogP contribution in [-0.2, 0) is 0 Å². The van der Waals surface area contributed by atoms with Crippen LogP contribution in [0.4, 0.5) is 0 Å². The van der Waals surface area contributed by atoms with E-state index in [-0.39, 0.29) is 0 Å². The van der Waals surface area contributed by atoms with Gasteiger partial charge in [0.2, 0.25) is 0 Å². The van der Waals surface area contributed by atoms with Crippen molar-refractivity contribution in [2.75, 3.05) is 26.3 Å². The van der Waals surface area contributed by atoms with Crippen LogP contribution >= 0.6 is 0 Å². The Balaban J connectivity index is 2.09. The molecule has 3 heteroatoms. The molecule has 2 N–H and O–H groups in total. The van der Waals surface area contributed by atoms with Crippen LogP contribution in [-0.4, -0.2) is 31.2 Å². The van der Waals surface area contributed by atoms with Gasteiger partial charge in [-0.25, -0.2) is 0 Å². The molecule has 0 aliphatic carbocycles. The lowest BCUT2D eigenvalue weighted by Gasteiger charge is -2.26. The Labute approximate surface area is 54.7 Å². The van der Waals surface area contributed by atoms with Crippen molar-refractivity contribution in [2.24, 2.45) is 0 Å². The Kier molecular flexibility index (Phi) is 1.09. The van der Waals surface area contributed by atoms with Crippen LogP contribution < -0.4 is 10.6 Å². The molecule has 0 aromatic heterocycles. The van der Waals surface area contributed by atoms with Crippen LogP contribution in [0.2, 0.25) is 0 Å². The molecule has 2 aliphatic rings. The molecule has 9 heavy (non-hydrogen) atoms. The van der Waals surface area contributed by atoms with Crippen molar-refractivity contribution in [1.82, 2.24) is 15.5 Å². The van der Waals surface area contributed by atoms with Gasteiger partial charge in [-0.2, -0.15) is 0 Å². The van der Waals surface area contributed by atoms with Gasteiger partial charge in [0.15, 0.2) is 0 Å². The van der Waals surface area contributed by atoms with Crippen LogP contribution in [0.1, 0.15) is 0 Å². The average molecular weight is 125 g/mol. The molecular formula is C6H11N3. The summed E-state index contributed by atoms with van der Waals surface area (Å²) >= 11 is 0. The SMILES string of the molecule is C1=C2CNCCN2CN1. The van der Waals surface area contributed by atoms with Crippen LogP contribution in [0.25, 0.3) is 0 Å². The second-order valence-electron chi connectivity index (χ2n) is 2.44. The van der Waals surface area contributed by atoms with Crippen LogP contribution in [0, 0.1) is 0 Å². The second kappa shape index (κ2) is 1.92. The summed E-state index contributed by atoms with van der Waals surface area (Å²) in [6.07, 6.45) is 2.09. The van der Waals surface area contributed by atoms with Crippen molar-refractivity contribution < 1.29 is 0 Å². The van der Waals surface area contributed by atoms with Gasteiger partial charge in [0.25, 0.3) is 0 Å². The summed E-state index contributed by atoms with van der Waals surface area (Å²) in [7, 11) is 0. The normalized spacial score (nSPS) is 24.9. The predicted molar refractivity (Wildman–Crippen MR) is 35.7 cm³/mol. The second-order valence-corrected chi connectivity index (χ2v) is 2.44. The smallest absolute Gasteiger partial charge is 0.0870 e. The first-order chi connectivity index (χ1) is 4.47. The van der Waals surface area contributed by atoms with E-state index < -0.39 is 0 Å². The summed E-state index contributed by atoms with van der Waals surface area (Å²) in [4.78, 5) is 2.36. The van der Waals surface area contributed by atoms with E-state index in [1.54, 1.807) is 0 Å². The van der Waals surface area contributed by atoms with E-state index in [1.807, 2.05) is 0 Å². The fourth-order valence-corrected chi connectivity index (χ4v) is 1.28. The molecular weight excluding hydrogens is 114 g/mol. The Hall–Kier alpha value is -0.700. The number of rotatable bonds is 0. The molecule has 0 spiro atoms. The highest BCUT2D eigenvalue weighted by Gasteiger charge is 2.16. The van der Waals surface area contributed by atoms with E-state index in [1.165, 1.54) is 5.70 Å². The molecule has 1 fully saturated rings. The monoisotopic (exact) mass is 125 g/mol. The fraction of sp³-hybridized carbons (Fsp3) is 0.667. The number of piperazine rings is 1. The lowest BCUT2D eigenvalue weighted by Crippen LogP contribution is -2.40. The summed E-state index contributed by atoms with van der Waals surface area (Å²) < 4.78 is 0. The molecule has 2 rings (SSSR count). The molecule has 0 unspecified atom stereocenters. The summed E-state index contributed by atoms with van der Waals surface area (Å²) in [6, 6.07) is 0. The molecule has 2 heterocycles. The summed E-state index contributed by atoms with van der Waals surface area (Å²) in [6.45, 7) is 4.32. The average Bonchev–Trinajstić information content (AvgIpc) is 2.33. The first-order valence-corrected chi connectivity index (χ1v) is 3.35. The number of fused-ring (bicyclic) bond motifs is 1. The van der Waals surface area contributed by atoms with E-state index in [2.05, 4.69) is 21.7 Å². The quantitative estimate of drug-likeness (QED) is 0.448. The third-order valence-electron chi connectivity index (χ3n) is 1.82. The van der Waals surface area contributed by atoms with E-state index >= 15 is 0 Å². The van der Waals surface area contributed by atoms with Gasteiger partial charge < -0.3 is 15.5 Å². The van der Waals surface area contributed by atoms with Crippen molar-refractivity contribution in [1.29, 1.82) is 0 Å². The Morgan fingerprint density at radius 3 is 3.44 bits per heavy atom. The highest BCUT2D eigenvalue weighted by molar-refractivity contribution is 5.09. The third-order valence-corrected chi connectivity index (χ3v) is 1.82. The minimum atomic E-state index is 1.01. The Bertz CT molecular complexity index is 141. The van der Waals surface area contributed by atoms with Crippen molar-refractivity contribution in [2.45, 2.75) is 0 Å². The first kappa shape index (κ1) is 5.11. The highest BCUT2D eigenvalue weighted by Crippen LogP contribution is 2.08. The molecule has 0 radical (unpaired) electrons. The summed E-state index contributed by atoms with van der Waals surface area (Å²) in [5.74, 6) is 0. The molecule has 50 valence electrons. The highest BCUT2D eigenvalue weighted by atomic mass is 15.3. The van der Waals surface area contributed by atoms with Crippen LogP contribution in [0.5, 0.6) is 0 Å². The third kappa shape index (κ3) is 0.772. The van der Waals surface area contributed by atoms with E-state index in [4.69, 9.17) is 0 Å². The lowest BCUT2D eigenvalue weighted by molar-refractivity contribution is 0.320. The number of hydrogen-bond acceptors (Lipinski definition) is 3. The van der Waals surface area contributed by atoms with Gasteiger partial charge >= 0.3 is 0 Å². The van der Waals surface area contributed by atoms with Gasteiger partial charge in [0.1, 0.15) is 0 Å². The van der Waals surface area contributed by atoms with Crippen molar-refractivity contribution in [3.63, 3.8) is 0 Å². The molecule has 0 saturated carbocycles. The fourth-order valence-electron chi connectivity index (χ4n) is 1.28. The molecule has 0 atom stereocenters. The Morgan fingerprint density at radius 1 is 1.56 bits per heavy atom. The van der Waals surface area contributed by atoms with Crippen molar-refractivity contribution in [3.8, 4) is 0 Å². The van der Waals surface area contributed by atoms with E-state index in [0.29, 0.717) is 0 Å². The van der Waals surface area contributed by atoms with Crippen molar-refractivity contribution >= 4 is 0 Å². The van der Waals surface area contributed by atoms with Crippen LogP contribution in [0.15, 0.2) is 11.9 Å². The zero-order chi connectivity index (χ0) is 6.10. The molecule has 1 saturated heterocycles. The van der Waals surface area contributed by atoms with Gasteiger partial charge in [-0.3, -0.25) is 0 Å². The van der Waals surface area contributed by atoms with E-state index in [0.717, 1.165) is 26.3 Å². The van der Waals surface area contributed by atoms with Gasteiger partial charge in [-0.15, -0.1) is 0 Å². The zero-order valence-corrected chi connectivity index (χ0v) is 5.35. The standard InChI is InChI=1S/C6H11N3/c1-2-9-5-8-4-6(9)3-7-1/h4,7-8H,1-3,5H2. The largest absolute Gasteiger partial charge is 0.372 e. The van der Waals surface area contributed by atoms with Gasteiger partial charge in [-0.1, -0.05) is 0 Å². The van der Waals surface area contributed by atoms with Crippen molar-refractivity contribution in [3.05, 3.63) is 11.9 Å².